The molecule has 3 aromatic rings. The van der Waals surface area contributed by atoms with E-state index < -0.39 is 11.7 Å². The van der Waals surface area contributed by atoms with Crippen LogP contribution in [0.1, 0.15) is 28.8 Å². The van der Waals surface area contributed by atoms with Crippen LogP contribution in [-0.2, 0) is 9.59 Å². The van der Waals surface area contributed by atoms with E-state index in [1.165, 1.54) is 0 Å². The van der Waals surface area contributed by atoms with Gasteiger partial charge in [0.25, 0.3) is 11.7 Å². The Morgan fingerprint density at radius 1 is 1.17 bits per heavy atom. The minimum atomic E-state index is -0.635. The smallest absolute Gasteiger partial charge is 0.296 e. The molecule has 8 heteroatoms. The summed E-state index contributed by atoms with van der Waals surface area (Å²) in [5.74, 6) is -0.390. The summed E-state index contributed by atoms with van der Waals surface area (Å²) in [5, 5.41) is 6.84. The number of ketones is 1. The number of aryl methyl sites for hydroxylation is 1. The van der Waals surface area contributed by atoms with Gasteiger partial charge in [0.1, 0.15) is 11.6 Å². The molecule has 5 rings (SSSR count). The van der Waals surface area contributed by atoms with Gasteiger partial charge in [-0.25, -0.2) is 9.97 Å². The number of anilines is 3. The summed E-state index contributed by atoms with van der Waals surface area (Å²) < 4.78 is 0. The summed E-state index contributed by atoms with van der Waals surface area (Å²) in [6, 6.07) is 7.01. The molecule has 8 nitrogen and oxygen atoms in total. The maximum atomic E-state index is 12.1. The number of carbonyl (C=O) groups is 3. The average Bonchev–Trinajstić information content (AvgIpc) is 3.49. The number of nitrogens with zero attached hydrogens (tertiary/aromatic N) is 2. The van der Waals surface area contributed by atoms with Crippen LogP contribution < -0.4 is 16.4 Å². The summed E-state index contributed by atoms with van der Waals surface area (Å²) in [6.45, 7) is 1.88. The van der Waals surface area contributed by atoms with E-state index in [1.807, 2.05) is 13.0 Å². The monoisotopic (exact) mass is 387 g/mol. The third-order valence-corrected chi connectivity index (χ3v) is 5.28. The Kier molecular flexibility index (Phi) is 3.64. The second kappa shape index (κ2) is 6.10. The molecular weight excluding hydrogens is 370 g/mol. The van der Waals surface area contributed by atoms with E-state index in [9.17, 15) is 14.4 Å². The summed E-state index contributed by atoms with van der Waals surface area (Å²) in [5.41, 5.74) is 9.11. The molecule has 2 amide bonds. The highest BCUT2D eigenvalue weighted by Crippen LogP contribution is 2.34. The van der Waals surface area contributed by atoms with Crippen LogP contribution in [0.3, 0.4) is 0 Å². The molecule has 0 saturated heterocycles. The van der Waals surface area contributed by atoms with Crippen LogP contribution in [0.4, 0.5) is 17.3 Å². The van der Waals surface area contributed by atoms with Crippen molar-refractivity contribution < 1.29 is 14.4 Å². The standard InChI is InChI=1S/C21H17N5O3/c1-9-4-15-13(18(27)21(29)25-15)7-12(9)16-5-11-6-17(26-20(28)10-2-3-10)23-8-14(11)19(22)24-16/h4-8,10H,2-3H2,1H3,(H2,22,24)(H,23,26,28)(H,25,27,29). The highest BCUT2D eigenvalue weighted by Gasteiger charge is 2.30. The van der Waals surface area contributed by atoms with Crippen LogP contribution in [0, 0.1) is 12.8 Å². The number of aromatic nitrogens is 2. The van der Waals surface area contributed by atoms with E-state index in [4.69, 9.17) is 5.73 Å². The van der Waals surface area contributed by atoms with Gasteiger partial charge < -0.3 is 16.4 Å². The van der Waals surface area contributed by atoms with Gasteiger partial charge in [0.2, 0.25) is 5.91 Å². The van der Waals surface area contributed by atoms with E-state index in [0.29, 0.717) is 39.5 Å². The predicted octanol–water partition coefficient (Wildman–Crippen LogP) is 2.67. The maximum Gasteiger partial charge on any atom is 0.296 e. The number of hydrogen-bond donors (Lipinski definition) is 3. The Hall–Kier alpha value is -3.81. The van der Waals surface area contributed by atoms with Crippen LogP contribution in [0.2, 0.25) is 0 Å². The Morgan fingerprint density at radius 2 is 1.97 bits per heavy atom. The molecule has 0 unspecified atom stereocenters. The third-order valence-electron chi connectivity index (χ3n) is 5.28. The number of fused-ring (bicyclic) bond motifs is 2. The SMILES string of the molecule is Cc1cc2c(cc1-c1cc3cc(NC(=O)C4CC4)ncc3c(N)n1)C(=O)C(=O)N2. The van der Waals surface area contributed by atoms with Gasteiger partial charge in [-0.15, -0.1) is 0 Å². The zero-order chi connectivity index (χ0) is 20.3. The van der Waals surface area contributed by atoms with Gasteiger partial charge in [0.15, 0.2) is 0 Å². The van der Waals surface area contributed by atoms with Crippen molar-refractivity contribution in [2.45, 2.75) is 19.8 Å². The highest BCUT2D eigenvalue weighted by molar-refractivity contribution is 6.51. The van der Waals surface area contributed by atoms with Gasteiger partial charge >= 0.3 is 0 Å². The first-order valence-electron chi connectivity index (χ1n) is 9.28. The number of amides is 2. The number of rotatable bonds is 3. The molecular formula is C21H17N5O3. The van der Waals surface area contributed by atoms with Crippen molar-refractivity contribution in [3.63, 3.8) is 0 Å². The van der Waals surface area contributed by atoms with Crippen LogP contribution >= 0.6 is 0 Å². The molecule has 3 heterocycles. The van der Waals surface area contributed by atoms with E-state index in [1.54, 1.807) is 24.4 Å². The summed E-state index contributed by atoms with van der Waals surface area (Å²) in [6.07, 6.45) is 3.41. The van der Waals surface area contributed by atoms with E-state index in [2.05, 4.69) is 20.6 Å². The van der Waals surface area contributed by atoms with Crippen molar-refractivity contribution >= 4 is 45.7 Å². The summed E-state index contributed by atoms with van der Waals surface area (Å²) >= 11 is 0. The molecule has 4 N–H and O–H groups in total. The lowest BCUT2D eigenvalue weighted by atomic mass is 9.98. The fourth-order valence-corrected chi connectivity index (χ4v) is 3.53. The van der Waals surface area contributed by atoms with Crippen molar-refractivity contribution in [2.75, 3.05) is 16.4 Å². The fourth-order valence-electron chi connectivity index (χ4n) is 3.53. The first-order valence-corrected chi connectivity index (χ1v) is 9.28. The van der Waals surface area contributed by atoms with Gasteiger partial charge in [-0.1, -0.05) is 0 Å². The Balaban J connectivity index is 1.59. The molecule has 2 aromatic heterocycles. The number of nitrogens with two attached hydrogens (primary N) is 1. The van der Waals surface area contributed by atoms with Crippen LogP contribution in [0.25, 0.3) is 22.0 Å². The number of nitrogen functional groups attached to an aromatic ring is 1. The van der Waals surface area contributed by atoms with Crippen molar-refractivity contribution in [1.29, 1.82) is 0 Å². The Labute approximate surface area is 165 Å². The van der Waals surface area contributed by atoms with Crippen molar-refractivity contribution in [3.8, 4) is 11.3 Å². The minimum Gasteiger partial charge on any atom is -0.383 e. The molecule has 1 saturated carbocycles. The molecule has 29 heavy (non-hydrogen) atoms. The zero-order valence-electron chi connectivity index (χ0n) is 15.6. The van der Waals surface area contributed by atoms with E-state index in [0.717, 1.165) is 23.8 Å². The van der Waals surface area contributed by atoms with Crippen LogP contribution in [0.15, 0.2) is 30.5 Å². The second-order valence-electron chi connectivity index (χ2n) is 7.44. The highest BCUT2D eigenvalue weighted by atomic mass is 16.2. The quantitative estimate of drug-likeness (QED) is 0.593. The minimum absolute atomic E-state index is 0.0238. The normalized spacial score (nSPS) is 15.3. The molecule has 1 aliphatic carbocycles. The van der Waals surface area contributed by atoms with Gasteiger partial charge in [-0.3, -0.25) is 14.4 Å². The largest absolute Gasteiger partial charge is 0.383 e. The molecule has 0 bridgehead atoms. The lowest BCUT2D eigenvalue weighted by molar-refractivity contribution is -0.117. The Bertz CT molecular complexity index is 1250. The van der Waals surface area contributed by atoms with Crippen LogP contribution in [0.5, 0.6) is 0 Å². The summed E-state index contributed by atoms with van der Waals surface area (Å²) in [4.78, 5) is 44.5. The van der Waals surface area contributed by atoms with E-state index >= 15 is 0 Å². The first kappa shape index (κ1) is 17.3. The van der Waals surface area contributed by atoms with Crippen molar-refractivity contribution in [1.82, 2.24) is 9.97 Å². The molecule has 0 atom stereocenters. The van der Waals surface area contributed by atoms with Crippen molar-refractivity contribution in [3.05, 3.63) is 41.6 Å². The first-order chi connectivity index (χ1) is 13.9. The van der Waals surface area contributed by atoms with Gasteiger partial charge in [-0.2, -0.15) is 0 Å². The Morgan fingerprint density at radius 3 is 2.72 bits per heavy atom. The number of benzene rings is 1. The number of hydrogen-bond acceptors (Lipinski definition) is 6. The number of carbonyl (C=O) groups excluding carboxylic acids is 3. The molecule has 1 aliphatic heterocycles. The average molecular weight is 387 g/mol. The van der Waals surface area contributed by atoms with E-state index in [-0.39, 0.29) is 11.8 Å². The van der Waals surface area contributed by atoms with Gasteiger partial charge in [-0.05, 0) is 55.0 Å². The number of pyridine rings is 2. The number of Topliss-reactive ketones (excluding diaryl/α,β-unsaturated/α-hetero) is 1. The van der Waals surface area contributed by atoms with Gasteiger partial charge in [0, 0.05) is 23.1 Å². The zero-order valence-corrected chi connectivity index (χ0v) is 15.6. The lowest BCUT2D eigenvalue weighted by Gasteiger charge is -2.11. The molecule has 1 aromatic carbocycles. The molecule has 2 aliphatic rings. The maximum absolute atomic E-state index is 12.1. The molecule has 1 fully saturated rings. The second-order valence-corrected chi connectivity index (χ2v) is 7.44. The fraction of sp³-hybridized carbons (Fsp3) is 0.190. The molecule has 144 valence electrons. The molecule has 0 spiro atoms. The van der Waals surface area contributed by atoms with Gasteiger partial charge in [0.05, 0.1) is 16.9 Å². The molecule has 0 radical (unpaired) electrons. The summed E-state index contributed by atoms with van der Waals surface area (Å²) in [7, 11) is 0. The lowest BCUT2D eigenvalue weighted by Crippen LogP contribution is -2.14. The van der Waals surface area contributed by atoms with Crippen molar-refractivity contribution in [2.24, 2.45) is 5.92 Å². The van der Waals surface area contributed by atoms with Crippen LogP contribution in [-0.4, -0.2) is 27.6 Å². The topological polar surface area (TPSA) is 127 Å². The predicted molar refractivity (Wildman–Crippen MR) is 108 cm³/mol. The third kappa shape index (κ3) is 2.89. The number of nitrogens with one attached hydrogen (secondary N) is 2.